The van der Waals surface area contributed by atoms with Crippen molar-refractivity contribution in [3.05, 3.63) is 24.3 Å². The van der Waals surface area contributed by atoms with Gasteiger partial charge in [0.1, 0.15) is 5.82 Å². The Kier molecular flexibility index (Phi) is 4.09. The number of aromatic amines is 1. The number of H-pyrrole nitrogens is 1. The second-order valence-electron chi connectivity index (χ2n) is 4.10. The summed E-state index contributed by atoms with van der Waals surface area (Å²) in [6.07, 6.45) is 3.35. The highest BCUT2D eigenvalue weighted by atomic mass is 16.3. The number of aromatic nitrogens is 2. The molecule has 0 radical (unpaired) electrons. The van der Waals surface area contributed by atoms with Gasteiger partial charge in [-0.2, -0.15) is 0 Å². The number of allylic oxidation sites excluding steroid dienone is 1. The lowest BCUT2D eigenvalue weighted by Gasteiger charge is -2.15. The van der Waals surface area contributed by atoms with E-state index in [2.05, 4.69) is 23.5 Å². The first-order valence-electron chi connectivity index (χ1n) is 5.45. The highest BCUT2D eigenvalue weighted by Crippen LogP contribution is 2.21. The smallest absolute Gasteiger partial charge is 0.132 e. The molecule has 0 amide bonds. The van der Waals surface area contributed by atoms with Gasteiger partial charge < -0.3 is 10.1 Å². The van der Waals surface area contributed by atoms with Gasteiger partial charge in [-0.05, 0) is 18.9 Å². The molecule has 0 fully saturated rings. The number of rotatable bonds is 5. The molecule has 1 aromatic rings. The van der Waals surface area contributed by atoms with Crippen LogP contribution in [-0.4, -0.2) is 21.2 Å². The van der Waals surface area contributed by atoms with Crippen LogP contribution in [0.2, 0.25) is 0 Å². The standard InChI is InChI=1S/C12H20N2O/c1-5-6-11(15)9(4)10-7-13-12(14-10)8(2)3/h7,9,11,15H,2,5-6H2,1,3-4H3,(H,13,14). The van der Waals surface area contributed by atoms with E-state index in [9.17, 15) is 5.11 Å². The number of aliphatic hydroxyl groups is 1. The minimum absolute atomic E-state index is 0.0781. The maximum Gasteiger partial charge on any atom is 0.132 e. The van der Waals surface area contributed by atoms with Crippen LogP contribution in [0.4, 0.5) is 0 Å². The van der Waals surface area contributed by atoms with E-state index in [4.69, 9.17) is 0 Å². The molecule has 0 aliphatic carbocycles. The monoisotopic (exact) mass is 208 g/mol. The molecule has 0 saturated heterocycles. The Balaban J connectivity index is 2.73. The molecule has 0 aliphatic rings. The SMILES string of the molecule is C=C(C)c1nc(C(C)C(O)CCC)c[nH]1. The first-order chi connectivity index (χ1) is 7.06. The number of nitrogens with zero attached hydrogens (tertiary/aromatic N) is 1. The summed E-state index contributed by atoms with van der Waals surface area (Å²) in [5.41, 5.74) is 1.83. The summed E-state index contributed by atoms with van der Waals surface area (Å²) in [6, 6.07) is 0. The second-order valence-corrected chi connectivity index (χ2v) is 4.10. The molecule has 2 unspecified atom stereocenters. The molecule has 0 aliphatic heterocycles. The van der Waals surface area contributed by atoms with Crippen LogP contribution in [0.5, 0.6) is 0 Å². The van der Waals surface area contributed by atoms with Gasteiger partial charge in [0.2, 0.25) is 0 Å². The van der Waals surface area contributed by atoms with Crippen LogP contribution in [0.15, 0.2) is 12.8 Å². The zero-order valence-corrected chi connectivity index (χ0v) is 9.75. The molecule has 0 bridgehead atoms. The summed E-state index contributed by atoms with van der Waals surface area (Å²) in [5, 5.41) is 9.84. The maximum atomic E-state index is 9.84. The molecule has 0 aromatic carbocycles. The Morgan fingerprint density at radius 1 is 1.67 bits per heavy atom. The predicted octanol–water partition coefficient (Wildman–Crippen LogP) is 2.71. The molecule has 3 heteroatoms. The molecule has 2 atom stereocenters. The summed E-state index contributed by atoms with van der Waals surface area (Å²) < 4.78 is 0. The average molecular weight is 208 g/mol. The van der Waals surface area contributed by atoms with E-state index in [1.165, 1.54) is 0 Å². The number of hydrogen-bond donors (Lipinski definition) is 2. The fourth-order valence-electron chi connectivity index (χ4n) is 1.53. The summed E-state index contributed by atoms with van der Waals surface area (Å²) in [5.74, 6) is 0.884. The quantitative estimate of drug-likeness (QED) is 0.781. The lowest BCUT2D eigenvalue weighted by Crippen LogP contribution is -2.15. The highest BCUT2D eigenvalue weighted by Gasteiger charge is 2.18. The van der Waals surface area contributed by atoms with E-state index >= 15 is 0 Å². The van der Waals surface area contributed by atoms with Gasteiger partial charge in [-0.15, -0.1) is 0 Å². The molecule has 3 nitrogen and oxygen atoms in total. The molecular formula is C12H20N2O. The van der Waals surface area contributed by atoms with Gasteiger partial charge in [-0.3, -0.25) is 0 Å². The summed E-state index contributed by atoms with van der Waals surface area (Å²) in [7, 11) is 0. The average Bonchev–Trinajstić information content (AvgIpc) is 2.65. The molecule has 84 valence electrons. The Hall–Kier alpha value is -1.09. The second kappa shape index (κ2) is 5.12. The van der Waals surface area contributed by atoms with Crippen molar-refractivity contribution in [3.63, 3.8) is 0 Å². The number of hydrogen-bond acceptors (Lipinski definition) is 2. The minimum atomic E-state index is -0.309. The van der Waals surface area contributed by atoms with Gasteiger partial charge in [-0.25, -0.2) is 4.98 Å². The van der Waals surface area contributed by atoms with Gasteiger partial charge in [0, 0.05) is 12.1 Å². The first kappa shape index (κ1) is 12.0. The number of nitrogens with one attached hydrogen (secondary N) is 1. The number of aliphatic hydroxyl groups excluding tert-OH is 1. The van der Waals surface area contributed by atoms with Crippen molar-refractivity contribution in [3.8, 4) is 0 Å². The van der Waals surface area contributed by atoms with Gasteiger partial charge in [-0.1, -0.05) is 26.8 Å². The van der Waals surface area contributed by atoms with E-state index in [1.807, 2.05) is 20.0 Å². The van der Waals surface area contributed by atoms with Gasteiger partial charge in [0.15, 0.2) is 0 Å². The molecule has 15 heavy (non-hydrogen) atoms. The highest BCUT2D eigenvalue weighted by molar-refractivity contribution is 5.54. The van der Waals surface area contributed by atoms with Crippen molar-refractivity contribution in [1.29, 1.82) is 0 Å². The first-order valence-corrected chi connectivity index (χ1v) is 5.45. The van der Waals surface area contributed by atoms with Crippen LogP contribution in [0, 0.1) is 0 Å². The fourth-order valence-corrected chi connectivity index (χ4v) is 1.53. The molecule has 2 N–H and O–H groups in total. The van der Waals surface area contributed by atoms with Crippen molar-refractivity contribution in [2.24, 2.45) is 0 Å². The van der Waals surface area contributed by atoms with E-state index in [1.54, 1.807) is 0 Å². The summed E-state index contributed by atoms with van der Waals surface area (Å²) in [6.45, 7) is 9.80. The van der Waals surface area contributed by atoms with Crippen LogP contribution in [0.3, 0.4) is 0 Å². The number of imidazole rings is 1. The third-order valence-corrected chi connectivity index (χ3v) is 2.63. The van der Waals surface area contributed by atoms with Crippen LogP contribution >= 0.6 is 0 Å². The van der Waals surface area contributed by atoms with E-state index in [-0.39, 0.29) is 12.0 Å². The lowest BCUT2D eigenvalue weighted by atomic mass is 9.98. The van der Waals surface area contributed by atoms with E-state index in [0.29, 0.717) is 0 Å². The molecule has 0 saturated carbocycles. The van der Waals surface area contributed by atoms with Gasteiger partial charge in [0.25, 0.3) is 0 Å². The Morgan fingerprint density at radius 2 is 2.33 bits per heavy atom. The fraction of sp³-hybridized carbons (Fsp3) is 0.583. The van der Waals surface area contributed by atoms with Crippen LogP contribution in [0.25, 0.3) is 5.57 Å². The topological polar surface area (TPSA) is 48.9 Å². The zero-order chi connectivity index (χ0) is 11.4. The molecule has 1 aromatic heterocycles. The largest absolute Gasteiger partial charge is 0.392 e. The molecule has 0 spiro atoms. The minimum Gasteiger partial charge on any atom is -0.392 e. The third kappa shape index (κ3) is 2.93. The van der Waals surface area contributed by atoms with Crippen molar-refractivity contribution in [2.75, 3.05) is 0 Å². The molecule has 1 heterocycles. The molecule has 1 rings (SSSR count). The van der Waals surface area contributed by atoms with Crippen LogP contribution < -0.4 is 0 Å². The van der Waals surface area contributed by atoms with E-state index in [0.717, 1.165) is 29.9 Å². The Morgan fingerprint density at radius 3 is 2.80 bits per heavy atom. The Labute approximate surface area is 91.2 Å². The van der Waals surface area contributed by atoms with Gasteiger partial charge in [0.05, 0.1) is 11.8 Å². The van der Waals surface area contributed by atoms with Crippen molar-refractivity contribution in [2.45, 2.75) is 45.6 Å². The zero-order valence-electron chi connectivity index (χ0n) is 9.75. The van der Waals surface area contributed by atoms with E-state index < -0.39 is 0 Å². The normalized spacial score (nSPS) is 14.9. The summed E-state index contributed by atoms with van der Waals surface area (Å²) >= 11 is 0. The van der Waals surface area contributed by atoms with Crippen LogP contribution in [-0.2, 0) is 0 Å². The Bertz CT molecular complexity index is 330. The van der Waals surface area contributed by atoms with Crippen molar-refractivity contribution >= 4 is 5.57 Å². The third-order valence-electron chi connectivity index (χ3n) is 2.63. The lowest BCUT2D eigenvalue weighted by molar-refractivity contribution is 0.137. The maximum absolute atomic E-state index is 9.84. The summed E-state index contributed by atoms with van der Waals surface area (Å²) in [4.78, 5) is 7.46. The van der Waals surface area contributed by atoms with Gasteiger partial charge >= 0.3 is 0 Å². The van der Waals surface area contributed by atoms with Crippen LogP contribution in [0.1, 0.15) is 51.0 Å². The van der Waals surface area contributed by atoms with Crippen molar-refractivity contribution < 1.29 is 5.11 Å². The van der Waals surface area contributed by atoms with Crippen molar-refractivity contribution in [1.82, 2.24) is 9.97 Å². The molecular weight excluding hydrogens is 188 g/mol. The predicted molar refractivity (Wildman–Crippen MR) is 62.6 cm³/mol.